The number of anilines is 2. The Kier molecular flexibility index (Phi) is 5.22. The van der Waals surface area contributed by atoms with Crippen molar-refractivity contribution in [2.24, 2.45) is 0 Å². The lowest BCUT2D eigenvalue weighted by Gasteiger charge is -2.10. The second kappa shape index (κ2) is 7.52. The van der Waals surface area contributed by atoms with Crippen LogP contribution in [0.2, 0.25) is 0 Å². The highest BCUT2D eigenvalue weighted by Gasteiger charge is 2.26. The molecule has 2 aromatic rings. The zero-order valence-electron chi connectivity index (χ0n) is 12.3. The Morgan fingerprint density at radius 3 is 1.42 bits per heavy atom. The van der Waals surface area contributed by atoms with E-state index in [0.29, 0.717) is 11.1 Å². The Morgan fingerprint density at radius 2 is 1.12 bits per heavy atom. The van der Waals surface area contributed by atoms with E-state index in [9.17, 15) is 14.0 Å². The molecule has 6 nitrogen and oxygen atoms in total. The molecule has 0 heterocycles. The number of nitrogens with zero attached hydrogens (tertiary/aromatic N) is 2. The normalized spacial score (nSPS) is 9.67. The van der Waals surface area contributed by atoms with E-state index in [0.717, 1.165) is 0 Å². The first kappa shape index (κ1) is 16.7. The Hall–Kier alpha value is -3.71. The largest absolute Gasteiger partial charge is 0.323 e. The van der Waals surface area contributed by atoms with Gasteiger partial charge in [-0.15, -0.1) is 0 Å². The molecule has 0 unspecified atom stereocenters. The number of carbonyl (C=O) groups is 2. The van der Waals surface area contributed by atoms with Crippen LogP contribution in [0.15, 0.2) is 48.5 Å². The number of rotatable bonds is 4. The van der Waals surface area contributed by atoms with Crippen molar-refractivity contribution in [3.8, 4) is 12.1 Å². The highest BCUT2D eigenvalue weighted by molar-refractivity contribution is 6.13. The predicted molar refractivity (Wildman–Crippen MR) is 84.5 cm³/mol. The first-order chi connectivity index (χ1) is 11.5. The molecule has 0 atom stereocenters. The van der Waals surface area contributed by atoms with Crippen LogP contribution in [0.4, 0.5) is 15.8 Å². The maximum atomic E-state index is 13.9. The van der Waals surface area contributed by atoms with Crippen molar-refractivity contribution in [2.75, 3.05) is 10.6 Å². The second-order valence-electron chi connectivity index (χ2n) is 4.72. The van der Waals surface area contributed by atoms with Gasteiger partial charge < -0.3 is 10.6 Å². The molecular formula is C17H11FN4O2. The standard InChI is InChI=1S/C17H11FN4O2/c18-15(16(23)21-13-5-1-11(9-19)2-6-13)17(24)22-14-7-3-12(10-20)4-8-14/h1-8,15H,(H,21,23)(H,22,24). The van der Waals surface area contributed by atoms with Crippen LogP contribution in [0.1, 0.15) is 11.1 Å². The molecule has 118 valence electrons. The highest BCUT2D eigenvalue weighted by Crippen LogP contribution is 2.12. The zero-order valence-corrected chi connectivity index (χ0v) is 12.3. The van der Waals surface area contributed by atoms with Crippen LogP contribution in [-0.2, 0) is 9.59 Å². The minimum absolute atomic E-state index is 0.271. The van der Waals surface area contributed by atoms with Gasteiger partial charge in [0.2, 0.25) is 0 Å². The molecule has 7 heteroatoms. The third kappa shape index (κ3) is 4.15. The Bertz CT molecular complexity index is 761. The summed E-state index contributed by atoms with van der Waals surface area (Å²) in [5.41, 5.74) is 1.33. The van der Waals surface area contributed by atoms with E-state index in [2.05, 4.69) is 10.6 Å². The van der Waals surface area contributed by atoms with Crippen molar-refractivity contribution in [1.29, 1.82) is 10.5 Å². The summed E-state index contributed by atoms with van der Waals surface area (Å²) in [5, 5.41) is 21.9. The second-order valence-corrected chi connectivity index (χ2v) is 4.72. The molecule has 0 saturated carbocycles. The third-order valence-corrected chi connectivity index (χ3v) is 3.02. The Balaban J connectivity index is 1.97. The van der Waals surface area contributed by atoms with Gasteiger partial charge in [0.25, 0.3) is 18.0 Å². The van der Waals surface area contributed by atoms with Gasteiger partial charge in [-0.25, -0.2) is 4.39 Å². The van der Waals surface area contributed by atoms with E-state index in [-0.39, 0.29) is 11.4 Å². The fraction of sp³-hybridized carbons (Fsp3) is 0.0588. The van der Waals surface area contributed by atoms with Crippen molar-refractivity contribution in [3.63, 3.8) is 0 Å². The van der Waals surface area contributed by atoms with Crippen molar-refractivity contribution in [3.05, 3.63) is 59.7 Å². The number of halogens is 1. The molecule has 0 aliphatic carbocycles. The van der Waals surface area contributed by atoms with E-state index < -0.39 is 18.0 Å². The number of alkyl halides is 1. The summed E-state index contributed by atoms with van der Waals surface area (Å²) >= 11 is 0. The van der Waals surface area contributed by atoms with Gasteiger partial charge in [0.1, 0.15) is 0 Å². The van der Waals surface area contributed by atoms with Crippen LogP contribution < -0.4 is 10.6 Å². The van der Waals surface area contributed by atoms with Gasteiger partial charge in [0, 0.05) is 11.4 Å². The van der Waals surface area contributed by atoms with E-state index in [1.807, 2.05) is 12.1 Å². The molecule has 0 radical (unpaired) electrons. The van der Waals surface area contributed by atoms with E-state index in [1.54, 1.807) is 0 Å². The molecule has 0 bridgehead atoms. The number of nitriles is 2. The van der Waals surface area contributed by atoms with Crippen molar-refractivity contribution >= 4 is 23.2 Å². The van der Waals surface area contributed by atoms with E-state index >= 15 is 0 Å². The molecule has 2 N–H and O–H groups in total. The monoisotopic (exact) mass is 322 g/mol. The lowest BCUT2D eigenvalue weighted by atomic mass is 10.2. The number of hydrogen-bond donors (Lipinski definition) is 2. The predicted octanol–water partition coefficient (Wildman–Crippen LogP) is 2.35. The summed E-state index contributed by atoms with van der Waals surface area (Å²) in [4.78, 5) is 23.5. The first-order valence-corrected chi connectivity index (χ1v) is 6.79. The van der Waals surface area contributed by atoms with Crippen LogP contribution in [0.3, 0.4) is 0 Å². The van der Waals surface area contributed by atoms with Gasteiger partial charge in [-0.3, -0.25) is 9.59 Å². The van der Waals surface area contributed by atoms with Gasteiger partial charge in [0.05, 0.1) is 23.3 Å². The zero-order chi connectivity index (χ0) is 17.5. The van der Waals surface area contributed by atoms with Crippen LogP contribution >= 0.6 is 0 Å². The molecule has 2 rings (SSSR count). The maximum Gasteiger partial charge on any atom is 0.268 e. The lowest BCUT2D eigenvalue weighted by Crippen LogP contribution is -2.35. The Morgan fingerprint density at radius 1 is 0.792 bits per heavy atom. The van der Waals surface area contributed by atoms with Crippen molar-refractivity contribution < 1.29 is 14.0 Å². The fourth-order valence-corrected chi connectivity index (χ4v) is 1.79. The Labute approximate surface area is 137 Å². The SMILES string of the molecule is N#Cc1ccc(NC(=O)C(F)C(=O)Nc2ccc(C#N)cc2)cc1. The molecule has 0 aromatic heterocycles. The molecule has 0 spiro atoms. The lowest BCUT2D eigenvalue weighted by molar-refractivity contribution is -0.130. The average Bonchev–Trinajstić information content (AvgIpc) is 2.62. The highest BCUT2D eigenvalue weighted by atomic mass is 19.1. The molecule has 24 heavy (non-hydrogen) atoms. The van der Waals surface area contributed by atoms with Crippen LogP contribution in [0.25, 0.3) is 0 Å². The van der Waals surface area contributed by atoms with Gasteiger partial charge in [-0.2, -0.15) is 10.5 Å². The van der Waals surface area contributed by atoms with Gasteiger partial charge in [-0.05, 0) is 48.5 Å². The van der Waals surface area contributed by atoms with E-state index in [1.165, 1.54) is 48.5 Å². The maximum absolute atomic E-state index is 13.9. The summed E-state index contributed by atoms with van der Waals surface area (Å²) in [5.74, 6) is -2.24. The van der Waals surface area contributed by atoms with Crippen LogP contribution in [0.5, 0.6) is 0 Å². The smallest absolute Gasteiger partial charge is 0.268 e. The molecule has 0 fully saturated rings. The molecule has 0 aliphatic heterocycles. The molecule has 0 aliphatic rings. The molecule has 2 amide bonds. The average molecular weight is 322 g/mol. The minimum Gasteiger partial charge on any atom is -0.323 e. The summed E-state index contributed by atoms with van der Waals surface area (Å²) in [7, 11) is 0. The van der Waals surface area contributed by atoms with Crippen LogP contribution in [0, 0.1) is 22.7 Å². The van der Waals surface area contributed by atoms with Gasteiger partial charge >= 0.3 is 0 Å². The summed E-state index contributed by atoms with van der Waals surface area (Å²) < 4.78 is 13.9. The quantitative estimate of drug-likeness (QED) is 0.843. The van der Waals surface area contributed by atoms with Crippen LogP contribution in [-0.4, -0.2) is 18.0 Å². The van der Waals surface area contributed by atoms with E-state index in [4.69, 9.17) is 10.5 Å². The summed E-state index contributed by atoms with van der Waals surface area (Å²) in [6.45, 7) is 0. The summed E-state index contributed by atoms with van der Waals surface area (Å²) in [6, 6.07) is 15.4. The van der Waals surface area contributed by atoms with Crippen molar-refractivity contribution in [2.45, 2.75) is 6.17 Å². The van der Waals surface area contributed by atoms with Gasteiger partial charge in [-0.1, -0.05) is 0 Å². The van der Waals surface area contributed by atoms with Gasteiger partial charge in [0.15, 0.2) is 0 Å². The number of hydrogen-bond acceptors (Lipinski definition) is 4. The summed E-state index contributed by atoms with van der Waals surface area (Å²) in [6.07, 6.45) is -2.41. The number of amides is 2. The number of carbonyl (C=O) groups excluding carboxylic acids is 2. The molecular weight excluding hydrogens is 311 g/mol. The van der Waals surface area contributed by atoms with Crippen molar-refractivity contribution in [1.82, 2.24) is 0 Å². The fourth-order valence-electron chi connectivity index (χ4n) is 1.79. The molecule has 0 saturated heterocycles. The molecule has 2 aromatic carbocycles. The third-order valence-electron chi connectivity index (χ3n) is 3.02. The minimum atomic E-state index is -2.41. The first-order valence-electron chi connectivity index (χ1n) is 6.79. The topological polar surface area (TPSA) is 106 Å². The number of benzene rings is 2. The number of nitrogens with one attached hydrogen (secondary N) is 2.